The van der Waals surface area contributed by atoms with Gasteiger partial charge in [-0.25, -0.2) is 9.97 Å². The summed E-state index contributed by atoms with van der Waals surface area (Å²) in [6.07, 6.45) is 1.68. The maximum Gasteiger partial charge on any atom is 0.220 e. The second kappa shape index (κ2) is 3.57. The van der Waals surface area contributed by atoms with Crippen LogP contribution in [0.5, 0.6) is 0 Å². The van der Waals surface area contributed by atoms with Crippen molar-refractivity contribution in [3.8, 4) is 11.3 Å². The first-order valence-corrected chi connectivity index (χ1v) is 5.78. The van der Waals surface area contributed by atoms with Crippen LogP contribution in [0.1, 0.15) is 0 Å². The quantitative estimate of drug-likeness (QED) is 0.695. The molecule has 0 atom stereocenters. The number of rotatable bonds is 1. The lowest BCUT2D eigenvalue weighted by Gasteiger charge is -1.99. The molecule has 0 fully saturated rings. The van der Waals surface area contributed by atoms with Crippen molar-refractivity contribution in [2.75, 3.05) is 5.73 Å². The minimum atomic E-state index is 0.313. The predicted molar refractivity (Wildman–Crippen MR) is 67.3 cm³/mol. The molecule has 0 unspecified atom stereocenters. The fraction of sp³-hybridized carbons (Fsp3) is 0. The maximum atomic E-state index is 5.59. The summed E-state index contributed by atoms with van der Waals surface area (Å²) in [5, 5.41) is 3.32. The predicted octanol–water partition coefficient (Wildman–Crippen LogP) is 2.94. The standard InChI is InChI=1S/C12H9N3S/c13-12-14-6-5-10(15-12)9-7-16-11-4-2-1-3-8(9)11/h1-7H,(H2,13,14,15). The molecule has 0 spiro atoms. The van der Waals surface area contributed by atoms with Crippen LogP contribution in [0, 0.1) is 0 Å². The molecule has 0 aliphatic carbocycles. The van der Waals surface area contributed by atoms with Crippen LogP contribution in [0.4, 0.5) is 5.95 Å². The van der Waals surface area contributed by atoms with E-state index in [9.17, 15) is 0 Å². The van der Waals surface area contributed by atoms with Gasteiger partial charge in [0.2, 0.25) is 5.95 Å². The van der Waals surface area contributed by atoms with Gasteiger partial charge in [0.25, 0.3) is 0 Å². The zero-order valence-electron chi connectivity index (χ0n) is 8.42. The number of fused-ring (bicyclic) bond motifs is 1. The lowest BCUT2D eigenvalue weighted by Crippen LogP contribution is -1.94. The Morgan fingerprint density at radius 2 is 2.00 bits per heavy atom. The number of nitrogen functional groups attached to an aromatic ring is 1. The van der Waals surface area contributed by atoms with Crippen molar-refractivity contribution in [2.45, 2.75) is 0 Å². The minimum absolute atomic E-state index is 0.313. The summed E-state index contributed by atoms with van der Waals surface area (Å²) in [5.74, 6) is 0.313. The largest absolute Gasteiger partial charge is 0.368 e. The zero-order chi connectivity index (χ0) is 11.0. The van der Waals surface area contributed by atoms with Crippen LogP contribution in [0.25, 0.3) is 21.3 Å². The van der Waals surface area contributed by atoms with Gasteiger partial charge in [0.1, 0.15) is 0 Å². The lowest BCUT2D eigenvalue weighted by atomic mass is 10.1. The zero-order valence-corrected chi connectivity index (χ0v) is 9.24. The fourth-order valence-corrected chi connectivity index (χ4v) is 2.65. The third-order valence-electron chi connectivity index (χ3n) is 2.43. The Morgan fingerprint density at radius 1 is 1.12 bits per heavy atom. The molecule has 0 saturated heterocycles. The Bertz CT molecular complexity index is 645. The van der Waals surface area contributed by atoms with Gasteiger partial charge in [-0.05, 0) is 12.1 Å². The molecular formula is C12H9N3S. The third-order valence-corrected chi connectivity index (χ3v) is 3.39. The molecular weight excluding hydrogens is 218 g/mol. The SMILES string of the molecule is Nc1nccc(-c2csc3ccccc23)n1. The molecule has 2 heterocycles. The molecule has 4 heteroatoms. The van der Waals surface area contributed by atoms with Gasteiger partial charge >= 0.3 is 0 Å². The van der Waals surface area contributed by atoms with Crippen LogP contribution in [-0.4, -0.2) is 9.97 Å². The first-order chi connectivity index (χ1) is 7.84. The van der Waals surface area contributed by atoms with Crippen molar-refractivity contribution in [3.63, 3.8) is 0 Å². The Balaban J connectivity index is 2.26. The molecule has 0 saturated carbocycles. The minimum Gasteiger partial charge on any atom is -0.368 e. The number of benzene rings is 1. The van der Waals surface area contributed by atoms with Gasteiger partial charge in [-0.3, -0.25) is 0 Å². The Labute approximate surface area is 96.6 Å². The molecule has 16 heavy (non-hydrogen) atoms. The van der Waals surface area contributed by atoms with Crippen molar-refractivity contribution in [2.24, 2.45) is 0 Å². The molecule has 3 nitrogen and oxygen atoms in total. The summed E-state index contributed by atoms with van der Waals surface area (Å²) in [7, 11) is 0. The first-order valence-electron chi connectivity index (χ1n) is 4.90. The van der Waals surface area contributed by atoms with E-state index in [1.807, 2.05) is 18.2 Å². The van der Waals surface area contributed by atoms with E-state index >= 15 is 0 Å². The van der Waals surface area contributed by atoms with Gasteiger partial charge in [-0.15, -0.1) is 11.3 Å². The summed E-state index contributed by atoms with van der Waals surface area (Å²) in [6.45, 7) is 0. The number of aromatic nitrogens is 2. The Kier molecular flexibility index (Phi) is 2.08. The van der Waals surface area contributed by atoms with Gasteiger partial charge < -0.3 is 5.73 Å². The summed E-state index contributed by atoms with van der Waals surface area (Å²) >= 11 is 1.71. The number of thiophene rings is 1. The maximum absolute atomic E-state index is 5.59. The van der Waals surface area contributed by atoms with E-state index in [0.29, 0.717) is 5.95 Å². The molecule has 2 N–H and O–H groups in total. The van der Waals surface area contributed by atoms with Crippen molar-refractivity contribution in [1.82, 2.24) is 9.97 Å². The molecule has 0 radical (unpaired) electrons. The molecule has 3 rings (SSSR count). The number of nitrogens with two attached hydrogens (primary N) is 1. The Hall–Kier alpha value is -1.94. The van der Waals surface area contributed by atoms with E-state index in [-0.39, 0.29) is 0 Å². The van der Waals surface area contributed by atoms with Crippen LogP contribution >= 0.6 is 11.3 Å². The monoisotopic (exact) mass is 227 g/mol. The van der Waals surface area contributed by atoms with Gasteiger partial charge in [0, 0.05) is 27.2 Å². The van der Waals surface area contributed by atoms with Crippen LogP contribution in [0.15, 0.2) is 41.9 Å². The highest BCUT2D eigenvalue weighted by Gasteiger charge is 2.07. The highest BCUT2D eigenvalue weighted by molar-refractivity contribution is 7.17. The highest BCUT2D eigenvalue weighted by atomic mass is 32.1. The van der Waals surface area contributed by atoms with E-state index in [1.165, 1.54) is 10.1 Å². The molecule has 2 aromatic heterocycles. The molecule has 0 amide bonds. The van der Waals surface area contributed by atoms with Gasteiger partial charge in [-0.1, -0.05) is 18.2 Å². The van der Waals surface area contributed by atoms with E-state index < -0.39 is 0 Å². The van der Waals surface area contributed by atoms with Gasteiger partial charge in [0.05, 0.1) is 5.69 Å². The van der Waals surface area contributed by atoms with Crippen LogP contribution in [0.2, 0.25) is 0 Å². The molecule has 78 valence electrons. The van der Waals surface area contributed by atoms with Gasteiger partial charge in [0.15, 0.2) is 0 Å². The summed E-state index contributed by atoms with van der Waals surface area (Å²) < 4.78 is 1.26. The van der Waals surface area contributed by atoms with Crippen molar-refractivity contribution in [1.29, 1.82) is 0 Å². The Morgan fingerprint density at radius 3 is 2.88 bits per heavy atom. The first kappa shape index (κ1) is 9.30. The van der Waals surface area contributed by atoms with E-state index in [4.69, 9.17) is 5.73 Å². The smallest absolute Gasteiger partial charge is 0.220 e. The number of anilines is 1. The topological polar surface area (TPSA) is 51.8 Å². The van der Waals surface area contributed by atoms with Crippen molar-refractivity contribution >= 4 is 27.4 Å². The van der Waals surface area contributed by atoms with Crippen molar-refractivity contribution < 1.29 is 0 Å². The molecule has 1 aromatic carbocycles. The normalized spacial score (nSPS) is 10.8. The molecule has 0 bridgehead atoms. The van der Waals surface area contributed by atoms with E-state index in [1.54, 1.807) is 17.5 Å². The van der Waals surface area contributed by atoms with E-state index in [2.05, 4.69) is 27.5 Å². The van der Waals surface area contributed by atoms with Crippen LogP contribution < -0.4 is 5.73 Å². The number of hydrogen-bond donors (Lipinski definition) is 1. The fourth-order valence-electron chi connectivity index (χ4n) is 1.70. The second-order valence-electron chi connectivity index (χ2n) is 3.45. The average molecular weight is 227 g/mol. The lowest BCUT2D eigenvalue weighted by molar-refractivity contribution is 1.19. The average Bonchev–Trinajstić information content (AvgIpc) is 2.72. The van der Waals surface area contributed by atoms with Gasteiger partial charge in [-0.2, -0.15) is 0 Å². The molecule has 0 aliphatic rings. The summed E-state index contributed by atoms with van der Waals surface area (Å²) in [4.78, 5) is 8.14. The molecule has 3 aromatic rings. The highest BCUT2D eigenvalue weighted by Crippen LogP contribution is 2.32. The number of nitrogens with zero attached hydrogens (tertiary/aromatic N) is 2. The van der Waals surface area contributed by atoms with Crippen LogP contribution in [0.3, 0.4) is 0 Å². The van der Waals surface area contributed by atoms with Crippen molar-refractivity contribution in [3.05, 3.63) is 41.9 Å². The second-order valence-corrected chi connectivity index (χ2v) is 4.36. The van der Waals surface area contributed by atoms with E-state index in [0.717, 1.165) is 11.3 Å². The number of hydrogen-bond acceptors (Lipinski definition) is 4. The molecule has 0 aliphatic heterocycles. The summed E-state index contributed by atoms with van der Waals surface area (Å²) in [5.41, 5.74) is 7.59. The third kappa shape index (κ3) is 1.44. The van der Waals surface area contributed by atoms with Crippen LogP contribution in [-0.2, 0) is 0 Å². The summed E-state index contributed by atoms with van der Waals surface area (Å²) in [6, 6.07) is 10.2.